The van der Waals surface area contributed by atoms with E-state index in [1.54, 1.807) is 0 Å². The third-order valence-corrected chi connectivity index (χ3v) is 5.61. The van der Waals surface area contributed by atoms with Gasteiger partial charge in [0.1, 0.15) is 4.88 Å². The van der Waals surface area contributed by atoms with E-state index in [9.17, 15) is 4.79 Å². The highest BCUT2D eigenvalue weighted by Gasteiger charge is 2.22. The number of amides is 1. The maximum atomic E-state index is 12.5. The zero-order valence-electron chi connectivity index (χ0n) is 15.7. The second-order valence-electron chi connectivity index (χ2n) is 6.96. The molecule has 1 N–H and O–H groups in total. The van der Waals surface area contributed by atoms with Gasteiger partial charge in [-0.05, 0) is 26.3 Å². The van der Waals surface area contributed by atoms with Gasteiger partial charge in [0.05, 0.1) is 22.9 Å². The molecule has 1 amide bonds. The number of hydrogen-bond donors (Lipinski definition) is 1. The molecule has 1 aliphatic heterocycles. The summed E-state index contributed by atoms with van der Waals surface area (Å²) in [4.78, 5) is 20.2. The van der Waals surface area contributed by atoms with Crippen molar-refractivity contribution in [2.45, 2.75) is 39.4 Å². The van der Waals surface area contributed by atoms with E-state index in [1.165, 1.54) is 16.9 Å². The van der Waals surface area contributed by atoms with Crippen LogP contribution in [0, 0.1) is 6.92 Å². The number of carbonyl (C=O) groups excluding carboxylic acids is 1. The Morgan fingerprint density at radius 1 is 1.27 bits per heavy atom. The van der Waals surface area contributed by atoms with Crippen LogP contribution in [0.5, 0.6) is 0 Å². The first-order valence-corrected chi connectivity index (χ1v) is 9.99. The van der Waals surface area contributed by atoms with E-state index in [1.807, 2.05) is 25.1 Å². The van der Waals surface area contributed by atoms with Crippen molar-refractivity contribution in [1.82, 2.24) is 15.2 Å². The van der Waals surface area contributed by atoms with Crippen LogP contribution in [0.4, 0.5) is 0 Å². The summed E-state index contributed by atoms with van der Waals surface area (Å²) in [5.74, 6) is -0.0198. The van der Waals surface area contributed by atoms with E-state index in [0.29, 0.717) is 6.54 Å². The Morgan fingerprint density at radius 2 is 1.96 bits per heavy atom. The first-order valence-electron chi connectivity index (χ1n) is 9.17. The zero-order valence-corrected chi connectivity index (χ0v) is 16.5. The average molecular weight is 374 g/mol. The van der Waals surface area contributed by atoms with Gasteiger partial charge in [-0.2, -0.15) is 0 Å². The molecular weight excluding hydrogens is 346 g/mol. The minimum Gasteiger partial charge on any atom is -0.373 e. The van der Waals surface area contributed by atoms with E-state index in [-0.39, 0.29) is 18.1 Å². The predicted octanol–water partition coefficient (Wildman–Crippen LogP) is 2.88. The maximum Gasteiger partial charge on any atom is 0.263 e. The summed E-state index contributed by atoms with van der Waals surface area (Å²) in [6, 6.07) is 10.2. The summed E-state index contributed by atoms with van der Waals surface area (Å²) in [6.45, 7) is 9.42. The molecule has 0 radical (unpaired) electrons. The van der Waals surface area contributed by atoms with E-state index in [4.69, 9.17) is 4.74 Å². The van der Waals surface area contributed by atoms with Gasteiger partial charge in [0, 0.05) is 32.6 Å². The van der Waals surface area contributed by atoms with Gasteiger partial charge < -0.3 is 10.1 Å². The highest BCUT2D eigenvalue weighted by molar-refractivity contribution is 7.13. The second kappa shape index (κ2) is 8.75. The van der Waals surface area contributed by atoms with Crippen LogP contribution in [0.1, 0.15) is 39.8 Å². The van der Waals surface area contributed by atoms with Crippen LogP contribution < -0.4 is 5.32 Å². The van der Waals surface area contributed by atoms with Crippen LogP contribution >= 0.6 is 11.3 Å². The highest BCUT2D eigenvalue weighted by atomic mass is 32.1. The van der Waals surface area contributed by atoms with Gasteiger partial charge in [0.2, 0.25) is 0 Å². The molecule has 2 atom stereocenters. The number of ether oxygens (including phenoxy) is 1. The quantitative estimate of drug-likeness (QED) is 0.846. The Morgan fingerprint density at radius 3 is 2.65 bits per heavy atom. The standard InChI is InChI=1S/C20H27N3O2S/c1-14-12-23(13-15(2)25-14)10-9-21-20(24)19-16(3)22-18(26-19)11-17-7-5-4-6-8-17/h4-8,14-15H,9-13H2,1-3H3,(H,21,24). The highest BCUT2D eigenvalue weighted by Crippen LogP contribution is 2.20. The van der Waals surface area contributed by atoms with Crippen LogP contribution in [-0.2, 0) is 11.2 Å². The van der Waals surface area contributed by atoms with Gasteiger partial charge in [-0.25, -0.2) is 4.98 Å². The molecule has 5 nitrogen and oxygen atoms in total. The first kappa shape index (κ1) is 19.0. The molecule has 26 heavy (non-hydrogen) atoms. The molecule has 0 aliphatic carbocycles. The lowest BCUT2D eigenvalue weighted by Gasteiger charge is -2.35. The first-order chi connectivity index (χ1) is 12.5. The van der Waals surface area contributed by atoms with Gasteiger partial charge in [-0.15, -0.1) is 11.3 Å². The van der Waals surface area contributed by atoms with Gasteiger partial charge in [0.15, 0.2) is 0 Å². The van der Waals surface area contributed by atoms with E-state index in [2.05, 4.69) is 41.2 Å². The molecule has 1 saturated heterocycles. The number of aryl methyl sites for hydroxylation is 1. The van der Waals surface area contributed by atoms with Crippen LogP contribution in [-0.4, -0.2) is 54.2 Å². The summed E-state index contributed by atoms with van der Waals surface area (Å²) >= 11 is 1.49. The molecular formula is C20H27N3O2S. The molecule has 1 aromatic carbocycles. The molecule has 3 rings (SSSR count). The zero-order chi connectivity index (χ0) is 18.5. The lowest BCUT2D eigenvalue weighted by molar-refractivity contribution is -0.0672. The average Bonchev–Trinajstić information content (AvgIpc) is 2.95. The van der Waals surface area contributed by atoms with Gasteiger partial charge in [-0.1, -0.05) is 30.3 Å². The van der Waals surface area contributed by atoms with Crippen LogP contribution in [0.2, 0.25) is 0 Å². The summed E-state index contributed by atoms with van der Waals surface area (Å²) in [6.07, 6.45) is 1.26. The Balaban J connectivity index is 1.51. The molecule has 140 valence electrons. The van der Waals surface area contributed by atoms with Crippen molar-refractivity contribution in [3.63, 3.8) is 0 Å². The number of thiazole rings is 1. The van der Waals surface area contributed by atoms with Crippen molar-refractivity contribution in [3.05, 3.63) is 51.5 Å². The van der Waals surface area contributed by atoms with Crippen molar-refractivity contribution in [2.75, 3.05) is 26.2 Å². The molecule has 0 saturated carbocycles. The Bertz CT molecular complexity index is 722. The van der Waals surface area contributed by atoms with Crippen molar-refractivity contribution in [2.24, 2.45) is 0 Å². The SMILES string of the molecule is Cc1nc(Cc2ccccc2)sc1C(=O)NCCN1CC(C)OC(C)C1. The number of rotatable bonds is 6. The minimum absolute atomic E-state index is 0.0198. The number of morpholine rings is 1. The van der Waals surface area contributed by atoms with Crippen LogP contribution in [0.25, 0.3) is 0 Å². The minimum atomic E-state index is -0.0198. The smallest absolute Gasteiger partial charge is 0.263 e. The van der Waals surface area contributed by atoms with Crippen molar-refractivity contribution in [3.8, 4) is 0 Å². The third-order valence-electron chi connectivity index (χ3n) is 4.45. The number of nitrogens with zero attached hydrogens (tertiary/aromatic N) is 2. The molecule has 1 aliphatic rings. The van der Waals surface area contributed by atoms with E-state index >= 15 is 0 Å². The predicted molar refractivity (Wildman–Crippen MR) is 105 cm³/mol. The van der Waals surface area contributed by atoms with E-state index in [0.717, 1.165) is 41.6 Å². The Labute approximate surface area is 159 Å². The molecule has 2 heterocycles. The van der Waals surface area contributed by atoms with Crippen molar-refractivity contribution >= 4 is 17.2 Å². The molecule has 0 spiro atoms. The monoisotopic (exact) mass is 373 g/mol. The fourth-order valence-corrected chi connectivity index (χ4v) is 4.40. The fourth-order valence-electron chi connectivity index (χ4n) is 3.38. The molecule has 1 aromatic heterocycles. The number of aromatic nitrogens is 1. The summed E-state index contributed by atoms with van der Waals surface area (Å²) < 4.78 is 5.74. The number of benzene rings is 1. The normalized spacial score (nSPS) is 20.9. The summed E-state index contributed by atoms with van der Waals surface area (Å²) in [5.41, 5.74) is 2.02. The molecule has 1 fully saturated rings. The lowest BCUT2D eigenvalue weighted by Crippen LogP contribution is -2.47. The van der Waals surface area contributed by atoms with E-state index < -0.39 is 0 Å². The van der Waals surface area contributed by atoms with Crippen molar-refractivity contribution < 1.29 is 9.53 Å². The van der Waals surface area contributed by atoms with Gasteiger partial charge >= 0.3 is 0 Å². The topological polar surface area (TPSA) is 54.5 Å². The largest absolute Gasteiger partial charge is 0.373 e. The maximum absolute atomic E-state index is 12.5. The summed E-state index contributed by atoms with van der Waals surface area (Å²) in [5, 5.41) is 4.02. The van der Waals surface area contributed by atoms with Gasteiger partial charge in [0.25, 0.3) is 5.91 Å². The number of nitrogens with one attached hydrogen (secondary N) is 1. The van der Waals surface area contributed by atoms with Crippen LogP contribution in [0.3, 0.4) is 0 Å². The molecule has 2 aromatic rings. The Kier molecular flexibility index (Phi) is 6.40. The molecule has 0 bridgehead atoms. The Hall–Kier alpha value is -1.76. The molecule has 2 unspecified atom stereocenters. The molecule has 6 heteroatoms. The third kappa shape index (κ3) is 5.13. The fraction of sp³-hybridized carbons (Fsp3) is 0.500. The van der Waals surface area contributed by atoms with Crippen molar-refractivity contribution in [1.29, 1.82) is 0 Å². The number of hydrogen-bond acceptors (Lipinski definition) is 5. The van der Waals surface area contributed by atoms with Crippen LogP contribution in [0.15, 0.2) is 30.3 Å². The number of carbonyl (C=O) groups is 1. The van der Waals surface area contributed by atoms with Gasteiger partial charge in [-0.3, -0.25) is 9.69 Å². The lowest BCUT2D eigenvalue weighted by atomic mass is 10.2. The second-order valence-corrected chi connectivity index (χ2v) is 8.04. The summed E-state index contributed by atoms with van der Waals surface area (Å²) in [7, 11) is 0.